The van der Waals surface area contributed by atoms with Gasteiger partial charge in [-0.3, -0.25) is 4.79 Å². The van der Waals surface area contributed by atoms with E-state index in [4.69, 9.17) is 5.11 Å². The first-order chi connectivity index (χ1) is 10.2. The minimum Gasteiger partial charge on any atom is -0.480 e. The van der Waals surface area contributed by atoms with Gasteiger partial charge in [0.2, 0.25) is 0 Å². The lowest BCUT2D eigenvalue weighted by atomic mass is 9.96. The monoisotopic (exact) mass is 299 g/mol. The van der Waals surface area contributed by atoms with E-state index in [1.54, 1.807) is 11.8 Å². The molecule has 0 aromatic heterocycles. The normalized spacial score (nSPS) is 21.3. The van der Waals surface area contributed by atoms with E-state index in [0.29, 0.717) is 12.3 Å². The standard InChI is InChI=1S/C17H17NO2S/c19-17(20)16-10-13(11-18-16)12-6-8-15(9-7-12)21-14-4-2-1-3-5-14/h1-9,13,16,18H,10-11H2,(H,19,20)/t13?,16-/m0/s1. The van der Waals surface area contributed by atoms with Gasteiger partial charge in [-0.2, -0.15) is 0 Å². The van der Waals surface area contributed by atoms with Crippen molar-refractivity contribution >= 4 is 17.7 Å². The van der Waals surface area contributed by atoms with Crippen molar-refractivity contribution in [2.75, 3.05) is 6.54 Å². The maximum atomic E-state index is 11.0. The van der Waals surface area contributed by atoms with Crippen LogP contribution in [0.3, 0.4) is 0 Å². The number of hydrogen-bond acceptors (Lipinski definition) is 3. The maximum absolute atomic E-state index is 11.0. The van der Waals surface area contributed by atoms with Crippen LogP contribution < -0.4 is 5.32 Å². The predicted molar refractivity (Wildman–Crippen MR) is 83.8 cm³/mol. The van der Waals surface area contributed by atoms with E-state index in [1.807, 2.05) is 18.2 Å². The molecule has 4 heteroatoms. The van der Waals surface area contributed by atoms with Gasteiger partial charge >= 0.3 is 5.97 Å². The second-order valence-corrected chi connectivity index (χ2v) is 6.36. The van der Waals surface area contributed by atoms with E-state index in [-0.39, 0.29) is 0 Å². The molecule has 0 saturated carbocycles. The topological polar surface area (TPSA) is 49.3 Å². The van der Waals surface area contributed by atoms with Gasteiger partial charge in [-0.25, -0.2) is 0 Å². The number of aliphatic carboxylic acids is 1. The van der Waals surface area contributed by atoms with Gasteiger partial charge in [0, 0.05) is 16.3 Å². The quantitative estimate of drug-likeness (QED) is 0.909. The van der Waals surface area contributed by atoms with E-state index in [1.165, 1.54) is 15.4 Å². The van der Waals surface area contributed by atoms with Crippen LogP contribution in [0.2, 0.25) is 0 Å². The van der Waals surface area contributed by atoms with E-state index in [2.05, 4.69) is 41.7 Å². The molecular weight excluding hydrogens is 282 g/mol. The number of carboxylic acid groups (broad SMARTS) is 1. The molecule has 3 nitrogen and oxygen atoms in total. The van der Waals surface area contributed by atoms with Gasteiger partial charge < -0.3 is 10.4 Å². The molecule has 0 aliphatic carbocycles. The third-order valence-electron chi connectivity index (χ3n) is 3.76. The fourth-order valence-electron chi connectivity index (χ4n) is 2.61. The van der Waals surface area contributed by atoms with Crippen molar-refractivity contribution in [1.29, 1.82) is 0 Å². The summed E-state index contributed by atoms with van der Waals surface area (Å²) >= 11 is 1.73. The number of rotatable bonds is 4. The van der Waals surface area contributed by atoms with E-state index < -0.39 is 12.0 Å². The lowest BCUT2D eigenvalue weighted by Crippen LogP contribution is -2.29. The first-order valence-corrected chi connectivity index (χ1v) is 7.83. The largest absolute Gasteiger partial charge is 0.480 e. The molecular formula is C17H17NO2S. The Balaban J connectivity index is 1.66. The summed E-state index contributed by atoms with van der Waals surface area (Å²) in [6.45, 7) is 0.738. The van der Waals surface area contributed by atoms with Crippen LogP contribution in [0.4, 0.5) is 0 Å². The highest BCUT2D eigenvalue weighted by Gasteiger charge is 2.29. The van der Waals surface area contributed by atoms with E-state index in [9.17, 15) is 4.79 Å². The van der Waals surface area contributed by atoms with Crippen LogP contribution in [0.5, 0.6) is 0 Å². The smallest absolute Gasteiger partial charge is 0.320 e. The second-order valence-electron chi connectivity index (χ2n) is 5.22. The molecule has 21 heavy (non-hydrogen) atoms. The Morgan fingerprint density at radius 2 is 1.71 bits per heavy atom. The lowest BCUT2D eigenvalue weighted by molar-refractivity contribution is -0.139. The van der Waals surface area contributed by atoms with Crippen LogP contribution in [0.15, 0.2) is 64.4 Å². The Morgan fingerprint density at radius 1 is 1.05 bits per heavy atom. The molecule has 0 radical (unpaired) electrons. The summed E-state index contributed by atoms with van der Waals surface area (Å²) < 4.78 is 0. The molecule has 2 aromatic rings. The van der Waals surface area contributed by atoms with Crippen molar-refractivity contribution in [3.8, 4) is 0 Å². The first kappa shape index (κ1) is 14.2. The summed E-state index contributed by atoms with van der Waals surface area (Å²) in [5.41, 5.74) is 1.21. The van der Waals surface area contributed by atoms with Crippen molar-refractivity contribution in [3.05, 3.63) is 60.2 Å². The van der Waals surface area contributed by atoms with Crippen molar-refractivity contribution < 1.29 is 9.90 Å². The third kappa shape index (κ3) is 3.46. The summed E-state index contributed by atoms with van der Waals surface area (Å²) in [7, 11) is 0. The molecule has 2 N–H and O–H groups in total. The molecule has 1 aliphatic rings. The zero-order valence-electron chi connectivity index (χ0n) is 11.5. The van der Waals surface area contributed by atoms with E-state index in [0.717, 1.165) is 6.54 Å². The molecule has 1 aliphatic heterocycles. The van der Waals surface area contributed by atoms with Gasteiger partial charge in [0.05, 0.1) is 0 Å². The lowest BCUT2D eigenvalue weighted by Gasteiger charge is -2.10. The molecule has 1 heterocycles. The number of benzene rings is 2. The first-order valence-electron chi connectivity index (χ1n) is 7.01. The molecule has 1 unspecified atom stereocenters. The maximum Gasteiger partial charge on any atom is 0.320 e. The summed E-state index contributed by atoms with van der Waals surface area (Å²) in [5.74, 6) is -0.462. The number of hydrogen-bond donors (Lipinski definition) is 2. The number of carbonyl (C=O) groups is 1. The Labute approximate surface area is 128 Å². The highest BCUT2D eigenvalue weighted by molar-refractivity contribution is 7.99. The zero-order chi connectivity index (χ0) is 14.7. The molecule has 0 spiro atoms. The van der Waals surface area contributed by atoms with Crippen molar-refractivity contribution in [2.24, 2.45) is 0 Å². The minimum absolute atomic E-state index is 0.293. The van der Waals surface area contributed by atoms with Crippen molar-refractivity contribution in [1.82, 2.24) is 5.32 Å². The Bertz CT molecular complexity index is 612. The molecule has 2 aromatic carbocycles. The highest BCUT2D eigenvalue weighted by Crippen LogP contribution is 2.31. The van der Waals surface area contributed by atoms with Gasteiger partial charge in [-0.15, -0.1) is 0 Å². The van der Waals surface area contributed by atoms with Crippen LogP contribution in [0, 0.1) is 0 Å². The summed E-state index contributed by atoms with van der Waals surface area (Å²) in [6.07, 6.45) is 0.667. The molecule has 0 amide bonds. The molecule has 2 atom stereocenters. The number of carboxylic acids is 1. The van der Waals surface area contributed by atoms with Crippen molar-refractivity contribution in [2.45, 2.75) is 28.2 Å². The van der Waals surface area contributed by atoms with Crippen LogP contribution in [-0.2, 0) is 4.79 Å². The molecule has 1 saturated heterocycles. The van der Waals surface area contributed by atoms with Crippen LogP contribution in [0.1, 0.15) is 17.9 Å². The Hall–Kier alpha value is -1.78. The fraction of sp³-hybridized carbons (Fsp3) is 0.235. The second kappa shape index (κ2) is 6.33. The highest BCUT2D eigenvalue weighted by atomic mass is 32.2. The van der Waals surface area contributed by atoms with Crippen LogP contribution >= 0.6 is 11.8 Å². The average Bonchev–Trinajstić information content (AvgIpc) is 2.99. The van der Waals surface area contributed by atoms with Gasteiger partial charge in [-0.05, 0) is 42.2 Å². The zero-order valence-corrected chi connectivity index (χ0v) is 12.3. The number of nitrogens with one attached hydrogen (secondary N) is 1. The predicted octanol–water partition coefficient (Wildman–Crippen LogP) is 3.37. The molecule has 1 fully saturated rings. The van der Waals surface area contributed by atoms with Crippen LogP contribution in [-0.4, -0.2) is 23.7 Å². The molecule has 0 bridgehead atoms. The van der Waals surface area contributed by atoms with Crippen LogP contribution in [0.25, 0.3) is 0 Å². The fourth-order valence-corrected chi connectivity index (χ4v) is 3.45. The molecule has 108 valence electrons. The summed E-state index contributed by atoms with van der Waals surface area (Å²) in [5, 5.41) is 12.1. The summed E-state index contributed by atoms with van der Waals surface area (Å²) in [6, 6.07) is 18.3. The molecule has 3 rings (SSSR count). The minimum atomic E-state index is -0.756. The van der Waals surface area contributed by atoms with Gasteiger partial charge in [-0.1, -0.05) is 42.1 Å². The van der Waals surface area contributed by atoms with E-state index >= 15 is 0 Å². The van der Waals surface area contributed by atoms with Crippen molar-refractivity contribution in [3.63, 3.8) is 0 Å². The SMILES string of the molecule is O=C(O)[C@@H]1CC(c2ccc(Sc3ccccc3)cc2)CN1. The summed E-state index contributed by atoms with van der Waals surface area (Å²) in [4.78, 5) is 13.4. The Kier molecular flexibility index (Phi) is 4.27. The van der Waals surface area contributed by atoms with Gasteiger partial charge in [0.1, 0.15) is 6.04 Å². The Morgan fingerprint density at radius 3 is 2.33 bits per heavy atom. The third-order valence-corrected chi connectivity index (χ3v) is 4.78. The van der Waals surface area contributed by atoms with Gasteiger partial charge in [0.15, 0.2) is 0 Å². The van der Waals surface area contributed by atoms with Gasteiger partial charge in [0.25, 0.3) is 0 Å². The average molecular weight is 299 g/mol.